The molecule has 0 N–H and O–H groups in total. The molecule has 2 bridgehead atoms. The SMILES string of the molecule is Cc1cc(N2CC3CC(C2)N3c2ncnc3c2ccn3C)ncn1. The van der Waals surface area contributed by atoms with Gasteiger partial charge in [-0.05, 0) is 19.4 Å². The van der Waals surface area contributed by atoms with E-state index in [0.29, 0.717) is 12.1 Å². The molecule has 3 fully saturated rings. The zero-order chi connectivity index (χ0) is 16.3. The van der Waals surface area contributed by atoms with Crippen molar-refractivity contribution in [3.05, 3.63) is 36.7 Å². The lowest BCUT2D eigenvalue weighted by atomic mass is 9.87. The van der Waals surface area contributed by atoms with Crippen molar-refractivity contribution in [1.82, 2.24) is 24.5 Å². The summed E-state index contributed by atoms with van der Waals surface area (Å²) in [5.74, 6) is 2.10. The number of piperazine rings is 1. The van der Waals surface area contributed by atoms with Gasteiger partial charge in [0, 0.05) is 38.1 Å². The topological polar surface area (TPSA) is 63.0 Å². The van der Waals surface area contributed by atoms with Gasteiger partial charge in [-0.25, -0.2) is 19.9 Å². The number of hydrogen-bond donors (Lipinski definition) is 0. The average Bonchev–Trinajstić information content (AvgIpc) is 2.97. The minimum Gasteiger partial charge on any atom is -0.352 e. The fourth-order valence-electron chi connectivity index (χ4n) is 4.03. The summed E-state index contributed by atoms with van der Waals surface area (Å²) in [5, 5.41) is 1.14. The highest BCUT2D eigenvalue weighted by atomic mass is 15.4. The van der Waals surface area contributed by atoms with E-state index in [1.54, 1.807) is 12.7 Å². The van der Waals surface area contributed by atoms with Gasteiger partial charge in [0.25, 0.3) is 0 Å². The molecule has 3 aromatic rings. The van der Waals surface area contributed by atoms with E-state index in [-0.39, 0.29) is 0 Å². The molecule has 0 aliphatic carbocycles. The average molecular weight is 321 g/mol. The molecular weight excluding hydrogens is 302 g/mol. The van der Waals surface area contributed by atoms with Gasteiger partial charge < -0.3 is 14.4 Å². The predicted octanol–water partition coefficient (Wildman–Crippen LogP) is 1.53. The standard InChI is InChI=1S/C17H19N7/c1-11-5-15(19-9-18-11)23-7-12-6-13(8-23)24(12)17-14-3-4-22(2)16(14)20-10-21-17/h3-5,9-10,12-13H,6-8H2,1-2H3. The summed E-state index contributed by atoms with van der Waals surface area (Å²) in [7, 11) is 2.02. The second kappa shape index (κ2) is 4.90. The lowest BCUT2D eigenvalue weighted by Gasteiger charge is -2.57. The van der Waals surface area contributed by atoms with E-state index < -0.39 is 0 Å². The Morgan fingerprint density at radius 3 is 2.62 bits per heavy atom. The van der Waals surface area contributed by atoms with Crippen LogP contribution < -0.4 is 9.80 Å². The van der Waals surface area contributed by atoms with Crippen LogP contribution in [0.4, 0.5) is 11.6 Å². The van der Waals surface area contributed by atoms with E-state index in [4.69, 9.17) is 0 Å². The Morgan fingerprint density at radius 2 is 1.83 bits per heavy atom. The molecule has 3 aromatic heterocycles. The summed E-state index contributed by atoms with van der Waals surface area (Å²) >= 11 is 0. The molecule has 3 saturated heterocycles. The maximum Gasteiger partial charge on any atom is 0.145 e. The summed E-state index contributed by atoms with van der Waals surface area (Å²) < 4.78 is 2.05. The smallest absolute Gasteiger partial charge is 0.145 e. The van der Waals surface area contributed by atoms with Gasteiger partial charge in [0.2, 0.25) is 0 Å². The first kappa shape index (κ1) is 13.7. The molecule has 2 unspecified atom stereocenters. The molecule has 2 atom stereocenters. The fourth-order valence-corrected chi connectivity index (χ4v) is 4.03. The van der Waals surface area contributed by atoms with Gasteiger partial charge in [0.1, 0.15) is 29.9 Å². The van der Waals surface area contributed by atoms with Crippen molar-refractivity contribution in [1.29, 1.82) is 0 Å². The lowest BCUT2D eigenvalue weighted by Crippen LogP contribution is -2.69. The summed E-state index contributed by atoms with van der Waals surface area (Å²) in [5.41, 5.74) is 2.01. The largest absolute Gasteiger partial charge is 0.352 e. The van der Waals surface area contributed by atoms with Crippen LogP contribution in [0.2, 0.25) is 0 Å². The fraction of sp³-hybridized carbons (Fsp3) is 0.412. The molecule has 7 heteroatoms. The first-order valence-corrected chi connectivity index (χ1v) is 8.28. The Morgan fingerprint density at radius 1 is 1.04 bits per heavy atom. The van der Waals surface area contributed by atoms with Crippen molar-refractivity contribution in [3.8, 4) is 0 Å². The Hall–Kier alpha value is -2.70. The van der Waals surface area contributed by atoms with E-state index in [0.717, 1.165) is 41.5 Å². The quantitative estimate of drug-likeness (QED) is 0.713. The molecule has 0 amide bonds. The van der Waals surface area contributed by atoms with Crippen LogP contribution in [0.25, 0.3) is 11.0 Å². The van der Waals surface area contributed by atoms with E-state index >= 15 is 0 Å². The summed E-state index contributed by atoms with van der Waals surface area (Å²) in [6, 6.07) is 5.15. The monoisotopic (exact) mass is 321 g/mol. The van der Waals surface area contributed by atoms with Crippen molar-refractivity contribution in [2.24, 2.45) is 7.05 Å². The molecule has 0 aromatic carbocycles. The van der Waals surface area contributed by atoms with Gasteiger partial charge in [-0.2, -0.15) is 0 Å². The lowest BCUT2D eigenvalue weighted by molar-refractivity contribution is 0.288. The van der Waals surface area contributed by atoms with Crippen LogP contribution >= 0.6 is 0 Å². The number of aryl methyl sites for hydroxylation is 2. The van der Waals surface area contributed by atoms with Crippen LogP contribution in [-0.2, 0) is 7.05 Å². The van der Waals surface area contributed by atoms with Crippen molar-refractivity contribution < 1.29 is 0 Å². The van der Waals surface area contributed by atoms with E-state index in [1.807, 2.05) is 24.7 Å². The molecule has 0 saturated carbocycles. The van der Waals surface area contributed by atoms with E-state index in [1.165, 1.54) is 6.42 Å². The second-order valence-corrected chi connectivity index (χ2v) is 6.73. The Kier molecular flexibility index (Phi) is 2.80. The molecule has 0 spiro atoms. The summed E-state index contributed by atoms with van der Waals surface area (Å²) in [4.78, 5) is 22.5. The van der Waals surface area contributed by atoms with Crippen LogP contribution in [0.15, 0.2) is 31.0 Å². The zero-order valence-corrected chi connectivity index (χ0v) is 13.8. The van der Waals surface area contributed by atoms with Gasteiger partial charge in [-0.3, -0.25) is 0 Å². The van der Waals surface area contributed by atoms with Crippen LogP contribution in [0.3, 0.4) is 0 Å². The predicted molar refractivity (Wildman–Crippen MR) is 92.2 cm³/mol. The Balaban J connectivity index is 1.45. The Bertz CT molecular complexity index is 906. The first-order chi connectivity index (χ1) is 11.7. The third-order valence-electron chi connectivity index (χ3n) is 5.19. The van der Waals surface area contributed by atoms with Crippen molar-refractivity contribution in [2.45, 2.75) is 25.4 Å². The number of nitrogens with zero attached hydrogens (tertiary/aromatic N) is 7. The molecular formula is C17H19N7. The second-order valence-electron chi connectivity index (χ2n) is 6.73. The summed E-state index contributed by atoms with van der Waals surface area (Å²) in [6.45, 7) is 3.96. The van der Waals surface area contributed by atoms with Crippen LogP contribution in [-0.4, -0.2) is 49.7 Å². The number of piperidine rings is 1. The van der Waals surface area contributed by atoms with Crippen molar-refractivity contribution in [2.75, 3.05) is 22.9 Å². The zero-order valence-electron chi connectivity index (χ0n) is 13.8. The minimum atomic E-state index is 0.484. The van der Waals surface area contributed by atoms with Gasteiger partial charge in [0.15, 0.2) is 0 Å². The number of aromatic nitrogens is 5. The number of anilines is 2. The normalized spacial score (nSPS) is 22.8. The van der Waals surface area contributed by atoms with Gasteiger partial charge >= 0.3 is 0 Å². The molecule has 3 aliphatic heterocycles. The highest BCUT2D eigenvalue weighted by Gasteiger charge is 2.46. The molecule has 6 rings (SSSR count). The third kappa shape index (κ3) is 1.90. The van der Waals surface area contributed by atoms with Crippen molar-refractivity contribution >= 4 is 22.7 Å². The van der Waals surface area contributed by atoms with Gasteiger partial charge in [0.05, 0.1) is 17.5 Å². The molecule has 3 aliphatic rings. The van der Waals surface area contributed by atoms with Crippen LogP contribution in [0.1, 0.15) is 12.1 Å². The summed E-state index contributed by atoms with van der Waals surface area (Å²) in [6.07, 6.45) is 6.60. The minimum absolute atomic E-state index is 0.484. The van der Waals surface area contributed by atoms with Crippen LogP contribution in [0, 0.1) is 6.92 Å². The number of hydrogen-bond acceptors (Lipinski definition) is 6. The van der Waals surface area contributed by atoms with Crippen molar-refractivity contribution in [3.63, 3.8) is 0 Å². The first-order valence-electron chi connectivity index (χ1n) is 8.28. The molecule has 6 heterocycles. The molecule has 24 heavy (non-hydrogen) atoms. The van der Waals surface area contributed by atoms with Gasteiger partial charge in [-0.1, -0.05) is 0 Å². The molecule has 122 valence electrons. The number of fused-ring (bicyclic) bond motifs is 3. The van der Waals surface area contributed by atoms with Crippen LogP contribution in [0.5, 0.6) is 0 Å². The highest BCUT2D eigenvalue weighted by molar-refractivity contribution is 5.88. The molecule has 7 nitrogen and oxygen atoms in total. The van der Waals surface area contributed by atoms with E-state index in [9.17, 15) is 0 Å². The van der Waals surface area contributed by atoms with Gasteiger partial charge in [-0.15, -0.1) is 0 Å². The highest BCUT2D eigenvalue weighted by Crippen LogP contribution is 2.39. The third-order valence-corrected chi connectivity index (χ3v) is 5.19. The van der Waals surface area contributed by atoms with E-state index in [2.05, 4.69) is 41.9 Å². The maximum absolute atomic E-state index is 4.59. The Labute approximate surface area is 140 Å². The number of rotatable bonds is 2. The maximum atomic E-state index is 4.59. The molecule has 0 radical (unpaired) electrons.